The van der Waals surface area contributed by atoms with E-state index in [2.05, 4.69) is 17.6 Å². The SMILES string of the molecule is CCOC(=O)C1CCn2c1cc(C)c2C(=O)c1ccc2n1CCC2C. The molecule has 0 aromatic carbocycles. The van der Waals surface area contributed by atoms with Gasteiger partial charge in [-0.05, 0) is 56.4 Å². The predicted octanol–water partition coefficient (Wildman–Crippen LogP) is 3.39. The molecule has 0 N–H and O–H groups in total. The third kappa shape index (κ3) is 2.36. The van der Waals surface area contributed by atoms with Crippen molar-refractivity contribution in [2.45, 2.75) is 58.5 Å². The van der Waals surface area contributed by atoms with Crippen molar-refractivity contribution in [3.8, 4) is 0 Å². The average Bonchev–Trinajstić information content (AvgIpc) is 3.29. The van der Waals surface area contributed by atoms with Crippen LogP contribution in [0.2, 0.25) is 0 Å². The molecule has 2 aliphatic rings. The minimum absolute atomic E-state index is 0.0635. The number of carbonyl (C=O) groups is 2. The second-order valence-corrected chi connectivity index (χ2v) is 7.16. The van der Waals surface area contributed by atoms with E-state index >= 15 is 0 Å². The second-order valence-electron chi connectivity index (χ2n) is 7.16. The van der Waals surface area contributed by atoms with Crippen LogP contribution in [0.15, 0.2) is 18.2 Å². The first-order valence-electron chi connectivity index (χ1n) is 9.13. The van der Waals surface area contributed by atoms with Crippen LogP contribution in [0.3, 0.4) is 0 Å². The van der Waals surface area contributed by atoms with E-state index in [0.717, 1.165) is 35.6 Å². The molecule has 0 aliphatic carbocycles. The van der Waals surface area contributed by atoms with Gasteiger partial charge in [0.15, 0.2) is 0 Å². The van der Waals surface area contributed by atoms with E-state index < -0.39 is 0 Å². The van der Waals surface area contributed by atoms with Gasteiger partial charge in [0.2, 0.25) is 5.78 Å². The highest BCUT2D eigenvalue weighted by Gasteiger charge is 2.35. The fourth-order valence-corrected chi connectivity index (χ4v) is 4.38. The van der Waals surface area contributed by atoms with Crippen molar-refractivity contribution >= 4 is 11.8 Å². The lowest BCUT2D eigenvalue weighted by Crippen LogP contribution is -2.15. The largest absolute Gasteiger partial charge is 0.465 e. The number of rotatable bonds is 4. The van der Waals surface area contributed by atoms with Gasteiger partial charge in [0.25, 0.3) is 0 Å². The number of aryl methyl sites for hydroxylation is 1. The van der Waals surface area contributed by atoms with Gasteiger partial charge in [-0.1, -0.05) is 6.92 Å². The zero-order chi connectivity index (χ0) is 17.7. The Morgan fingerprint density at radius 1 is 1.16 bits per heavy atom. The van der Waals surface area contributed by atoms with Gasteiger partial charge in [-0.25, -0.2) is 0 Å². The van der Waals surface area contributed by atoms with Crippen LogP contribution in [-0.2, 0) is 22.6 Å². The number of nitrogens with zero attached hydrogens (tertiary/aromatic N) is 2. The van der Waals surface area contributed by atoms with E-state index in [1.165, 1.54) is 5.69 Å². The predicted molar refractivity (Wildman–Crippen MR) is 94.1 cm³/mol. The van der Waals surface area contributed by atoms with Gasteiger partial charge in [0.1, 0.15) is 0 Å². The van der Waals surface area contributed by atoms with E-state index in [4.69, 9.17) is 4.74 Å². The summed E-state index contributed by atoms with van der Waals surface area (Å²) in [6, 6.07) is 6.01. The summed E-state index contributed by atoms with van der Waals surface area (Å²) in [4.78, 5) is 25.5. The lowest BCUT2D eigenvalue weighted by atomic mass is 10.0. The Kier molecular flexibility index (Phi) is 3.82. The lowest BCUT2D eigenvalue weighted by molar-refractivity contribution is -0.144. The maximum Gasteiger partial charge on any atom is 0.315 e. The van der Waals surface area contributed by atoms with Crippen molar-refractivity contribution in [2.24, 2.45) is 0 Å². The van der Waals surface area contributed by atoms with Crippen molar-refractivity contribution in [3.63, 3.8) is 0 Å². The molecule has 0 amide bonds. The number of ether oxygens (including phenoxy) is 1. The van der Waals surface area contributed by atoms with Crippen LogP contribution in [0.5, 0.6) is 0 Å². The smallest absolute Gasteiger partial charge is 0.315 e. The fraction of sp³-hybridized carbons (Fsp3) is 0.500. The number of ketones is 1. The summed E-state index contributed by atoms with van der Waals surface area (Å²) >= 11 is 0. The van der Waals surface area contributed by atoms with Crippen LogP contribution in [0.1, 0.15) is 71.7 Å². The Bertz CT molecular complexity index is 859. The Labute approximate surface area is 147 Å². The van der Waals surface area contributed by atoms with Crippen LogP contribution in [-0.4, -0.2) is 27.5 Å². The van der Waals surface area contributed by atoms with E-state index in [1.807, 2.05) is 30.5 Å². The van der Waals surface area contributed by atoms with E-state index in [0.29, 0.717) is 25.5 Å². The normalized spacial score (nSPS) is 21.2. The molecule has 0 saturated heterocycles. The summed E-state index contributed by atoms with van der Waals surface area (Å²) in [6.45, 7) is 7.96. The molecule has 25 heavy (non-hydrogen) atoms. The van der Waals surface area contributed by atoms with Gasteiger partial charge in [-0.15, -0.1) is 0 Å². The summed E-state index contributed by atoms with van der Waals surface area (Å²) in [5, 5.41) is 0. The van der Waals surface area contributed by atoms with Crippen molar-refractivity contribution in [1.29, 1.82) is 0 Å². The minimum atomic E-state index is -0.252. The molecule has 0 saturated carbocycles. The molecule has 2 aromatic rings. The third-order valence-electron chi connectivity index (χ3n) is 5.64. The molecule has 4 heterocycles. The van der Waals surface area contributed by atoms with Crippen LogP contribution in [0.4, 0.5) is 0 Å². The molecule has 0 fully saturated rings. The highest BCUT2D eigenvalue weighted by atomic mass is 16.5. The first-order chi connectivity index (χ1) is 12.0. The second kappa shape index (κ2) is 5.90. The monoisotopic (exact) mass is 340 g/mol. The van der Waals surface area contributed by atoms with Crippen LogP contribution in [0, 0.1) is 6.92 Å². The van der Waals surface area contributed by atoms with Crippen LogP contribution >= 0.6 is 0 Å². The molecule has 2 unspecified atom stereocenters. The number of carbonyl (C=O) groups excluding carboxylic acids is 2. The molecular formula is C20H24N2O3. The lowest BCUT2D eigenvalue weighted by Gasteiger charge is -2.09. The fourth-order valence-electron chi connectivity index (χ4n) is 4.38. The molecule has 0 bridgehead atoms. The zero-order valence-electron chi connectivity index (χ0n) is 15.0. The van der Waals surface area contributed by atoms with E-state index in [1.54, 1.807) is 0 Å². The maximum atomic E-state index is 13.3. The van der Waals surface area contributed by atoms with Gasteiger partial charge >= 0.3 is 5.97 Å². The maximum absolute atomic E-state index is 13.3. The standard InChI is InChI=1S/C20H24N2O3/c1-4-25-20(24)14-8-10-22-17(14)11-13(3)18(22)19(23)16-6-5-15-12(2)7-9-21(15)16/h5-6,11-12,14H,4,7-10H2,1-3H3. The number of fused-ring (bicyclic) bond motifs is 2. The molecule has 2 aromatic heterocycles. The zero-order valence-corrected chi connectivity index (χ0v) is 15.0. The average molecular weight is 340 g/mol. The van der Waals surface area contributed by atoms with Gasteiger partial charge in [-0.2, -0.15) is 0 Å². The number of esters is 1. The van der Waals surface area contributed by atoms with Crippen molar-refractivity contribution in [2.75, 3.05) is 6.61 Å². The minimum Gasteiger partial charge on any atom is -0.465 e. The summed E-state index contributed by atoms with van der Waals surface area (Å²) in [7, 11) is 0. The third-order valence-corrected chi connectivity index (χ3v) is 5.64. The van der Waals surface area contributed by atoms with Gasteiger partial charge in [0.05, 0.1) is 23.9 Å². The topological polar surface area (TPSA) is 53.2 Å². The molecule has 5 nitrogen and oxygen atoms in total. The Balaban J connectivity index is 1.71. The molecule has 0 radical (unpaired) electrons. The highest BCUT2D eigenvalue weighted by Crippen LogP contribution is 2.36. The number of hydrogen-bond acceptors (Lipinski definition) is 3. The van der Waals surface area contributed by atoms with Gasteiger partial charge in [-0.3, -0.25) is 9.59 Å². The Hall–Kier alpha value is -2.30. The molecular weight excluding hydrogens is 316 g/mol. The summed E-state index contributed by atoms with van der Waals surface area (Å²) < 4.78 is 9.38. The van der Waals surface area contributed by atoms with Crippen LogP contribution < -0.4 is 0 Å². The van der Waals surface area contributed by atoms with Crippen molar-refractivity contribution in [3.05, 3.63) is 46.5 Å². The molecule has 2 atom stereocenters. The summed E-state index contributed by atoms with van der Waals surface area (Å²) in [6.07, 6.45) is 1.80. The van der Waals surface area contributed by atoms with Gasteiger partial charge < -0.3 is 13.9 Å². The van der Waals surface area contributed by atoms with Crippen molar-refractivity contribution < 1.29 is 14.3 Å². The summed E-state index contributed by atoms with van der Waals surface area (Å²) in [5.41, 5.74) is 4.60. The first-order valence-corrected chi connectivity index (χ1v) is 9.13. The Morgan fingerprint density at radius 3 is 2.68 bits per heavy atom. The molecule has 4 rings (SSSR count). The van der Waals surface area contributed by atoms with Crippen LogP contribution in [0.25, 0.3) is 0 Å². The van der Waals surface area contributed by atoms with Crippen molar-refractivity contribution in [1.82, 2.24) is 9.13 Å². The number of aromatic nitrogens is 2. The molecule has 2 aliphatic heterocycles. The Morgan fingerprint density at radius 2 is 1.92 bits per heavy atom. The molecule has 5 heteroatoms. The van der Waals surface area contributed by atoms with E-state index in [9.17, 15) is 9.59 Å². The van der Waals surface area contributed by atoms with Gasteiger partial charge in [0, 0.05) is 24.5 Å². The quantitative estimate of drug-likeness (QED) is 0.633. The molecule has 0 spiro atoms. The summed E-state index contributed by atoms with van der Waals surface area (Å²) in [5.74, 6) is 0.135. The van der Waals surface area contributed by atoms with E-state index in [-0.39, 0.29) is 17.7 Å². The molecule has 132 valence electrons. The first kappa shape index (κ1) is 16.2. The highest BCUT2D eigenvalue weighted by molar-refractivity contribution is 6.08. The number of hydrogen-bond donors (Lipinski definition) is 0.